The molecule has 0 saturated carbocycles. The maximum Gasteiger partial charge on any atom is 0.308 e. The van der Waals surface area contributed by atoms with Gasteiger partial charge in [0, 0.05) is 0 Å². The van der Waals surface area contributed by atoms with Gasteiger partial charge in [0.1, 0.15) is 5.75 Å². The van der Waals surface area contributed by atoms with E-state index < -0.39 is 0 Å². The van der Waals surface area contributed by atoms with E-state index in [-0.39, 0.29) is 23.9 Å². The van der Waals surface area contributed by atoms with Crippen molar-refractivity contribution in [2.75, 3.05) is 13.2 Å². The predicted octanol–water partition coefficient (Wildman–Crippen LogP) is 3.72. The first-order valence-electron chi connectivity index (χ1n) is 7.36. The topological polar surface area (TPSA) is 55.8 Å². The van der Waals surface area contributed by atoms with Gasteiger partial charge in [-0.1, -0.05) is 26.8 Å². The average molecular weight is 294 g/mol. The van der Waals surface area contributed by atoms with Gasteiger partial charge in [0.2, 0.25) is 0 Å². The van der Waals surface area contributed by atoms with Crippen molar-refractivity contribution in [2.45, 2.75) is 52.6 Å². The lowest BCUT2D eigenvalue weighted by Gasteiger charge is -2.23. The minimum Gasteiger partial charge on any atom is -0.508 e. The summed E-state index contributed by atoms with van der Waals surface area (Å²) in [5.41, 5.74) is 1.74. The van der Waals surface area contributed by atoms with Crippen molar-refractivity contribution in [3.05, 3.63) is 29.3 Å². The Hall–Kier alpha value is -1.55. The van der Waals surface area contributed by atoms with E-state index in [1.165, 1.54) is 0 Å². The van der Waals surface area contributed by atoms with Crippen LogP contribution in [0.15, 0.2) is 18.2 Å². The van der Waals surface area contributed by atoms with Crippen LogP contribution in [0.1, 0.15) is 58.3 Å². The Labute approximate surface area is 127 Å². The molecule has 0 spiro atoms. The second-order valence-corrected chi connectivity index (χ2v) is 6.09. The van der Waals surface area contributed by atoms with E-state index in [1.807, 2.05) is 19.1 Å². The third-order valence-electron chi connectivity index (χ3n) is 3.28. The maximum atomic E-state index is 11.3. The molecule has 0 aliphatic heterocycles. The van der Waals surface area contributed by atoms with Crippen LogP contribution in [-0.2, 0) is 19.7 Å². The fourth-order valence-electron chi connectivity index (χ4n) is 2.06. The lowest BCUT2D eigenvalue weighted by atomic mass is 9.85. The van der Waals surface area contributed by atoms with Gasteiger partial charge in [-0.2, -0.15) is 0 Å². The van der Waals surface area contributed by atoms with Gasteiger partial charge in [0.25, 0.3) is 0 Å². The lowest BCUT2D eigenvalue weighted by molar-refractivity contribution is -0.144. The normalized spacial score (nSPS) is 13.0. The molecule has 0 heterocycles. The van der Waals surface area contributed by atoms with Crippen molar-refractivity contribution in [1.82, 2.24) is 0 Å². The number of rotatable bonds is 6. The molecule has 21 heavy (non-hydrogen) atoms. The Balaban J connectivity index is 2.67. The van der Waals surface area contributed by atoms with Gasteiger partial charge in [-0.25, -0.2) is 0 Å². The molecule has 118 valence electrons. The fraction of sp³-hybridized carbons (Fsp3) is 0.588. The van der Waals surface area contributed by atoms with Crippen molar-refractivity contribution >= 4 is 5.97 Å². The van der Waals surface area contributed by atoms with E-state index in [0.29, 0.717) is 19.0 Å². The number of esters is 1. The molecule has 0 amide bonds. The van der Waals surface area contributed by atoms with Crippen LogP contribution in [0.3, 0.4) is 0 Å². The molecule has 1 N–H and O–H groups in total. The Morgan fingerprint density at radius 3 is 2.57 bits per heavy atom. The molecule has 4 heteroatoms. The lowest BCUT2D eigenvalue weighted by Crippen LogP contribution is -2.13. The first-order valence-corrected chi connectivity index (χ1v) is 7.36. The van der Waals surface area contributed by atoms with Gasteiger partial charge in [-0.05, 0) is 42.5 Å². The van der Waals surface area contributed by atoms with Crippen molar-refractivity contribution in [3.63, 3.8) is 0 Å². The smallest absolute Gasteiger partial charge is 0.308 e. The van der Waals surface area contributed by atoms with Crippen molar-refractivity contribution < 1.29 is 19.4 Å². The van der Waals surface area contributed by atoms with E-state index in [1.54, 1.807) is 13.0 Å². The molecule has 0 radical (unpaired) electrons. The number of carbonyl (C=O) groups is 1. The molecular weight excluding hydrogens is 268 g/mol. The van der Waals surface area contributed by atoms with Crippen molar-refractivity contribution in [2.24, 2.45) is 0 Å². The summed E-state index contributed by atoms with van der Waals surface area (Å²) >= 11 is 0. The number of carbonyl (C=O) groups excluding carboxylic acids is 1. The molecule has 1 aromatic rings. The van der Waals surface area contributed by atoms with Crippen LogP contribution in [0.5, 0.6) is 5.75 Å². The number of aromatic hydroxyl groups is 1. The molecular formula is C17H26O4. The zero-order valence-electron chi connectivity index (χ0n) is 13.6. The number of hydrogen-bond acceptors (Lipinski definition) is 4. The highest BCUT2D eigenvalue weighted by atomic mass is 16.5. The number of ether oxygens (including phenoxy) is 2. The van der Waals surface area contributed by atoms with Crippen LogP contribution in [-0.4, -0.2) is 24.3 Å². The highest BCUT2D eigenvalue weighted by Gasteiger charge is 2.19. The van der Waals surface area contributed by atoms with E-state index >= 15 is 0 Å². The third-order valence-corrected chi connectivity index (χ3v) is 3.28. The second-order valence-electron chi connectivity index (χ2n) is 6.09. The minimum atomic E-state index is -0.245. The molecule has 0 aliphatic rings. The first kappa shape index (κ1) is 17.5. The van der Waals surface area contributed by atoms with E-state index in [4.69, 9.17) is 9.47 Å². The SMILES string of the molecule is CCOC(=O)CCOC(C)c1ccc(O)c(C(C)(C)C)c1. The summed E-state index contributed by atoms with van der Waals surface area (Å²) in [5.74, 6) is 0.0516. The average Bonchev–Trinajstić information content (AvgIpc) is 2.38. The zero-order chi connectivity index (χ0) is 16.0. The highest BCUT2D eigenvalue weighted by Crippen LogP contribution is 2.33. The number of phenolic OH excluding ortho intramolecular Hbond substituents is 1. The van der Waals surface area contributed by atoms with Crippen LogP contribution in [0, 0.1) is 0 Å². The number of benzene rings is 1. The summed E-state index contributed by atoms with van der Waals surface area (Å²) in [6.45, 7) is 10.6. The quantitative estimate of drug-likeness (QED) is 0.812. The fourth-order valence-corrected chi connectivity index (χ4v) is 2.06. The summed E-state index contributed by atoms with van der Waals surface area (Å²) in [6, 6.07) is 5.51. The van der Waals surface area contributed by atoms with Crippen LogP contribution < -0.4 is 0 Å². The summed E-state index contributed by atoms with van der Waals surface area (Å²) in [6.07, 6.45) is 0.115. The van der Waals surface area contributed by atoms with E-state index in [0.717, 1.165) is 11.1 Å². The Kier molecular flexibility index (Phi) is 6.21. The molecule has 1 aromatic carbocycles. The monoisotopic (exact) mass is 294 g/mol. The van der Waals surface area contributed by atoms with Gasteiger partial charge >= 0.3 is 5.97 Å². The summed E-state index contributed by atoms with van der Waals surface area (Å²) in [7, 11) is 0. The highest BCUT2D eigenvalue weighted by molar-refractivity contribution is 5.69. The van der Waals surface area contributed by atoms with Crippen LogP contribution in [0.2, 0.25) is 0 Å². The van der Waals surface area contributed by atoms with E-state index in [2.05, 4.69) is 20.8 Å². The van der Waals surface area contributed by atoms with Crippen molar-refractivity contribution in [3.8, 4) is 5.75 Å². The third kappa shape index (κ3) is 5.38. The van der Waals surface area contributed by atoms with Crippen molar-refractivity contribution in [1.29, 1.82) is 0 Å². The van der Waals surface area contributed by atoms with Crippen LogP contribution in [0.25, 0.3) is 0 Å². The standard InChI is InChI=1S/C17H26O4/c1-6-20-16(19)9-10-21-12(2)13-7-8-15(18)14(11-13)17(3,4)5/h7-8,11-12,18H,6,9-10H2,1-5H3. The molecule has 0 aliphatic carbocycles. The Morgan fingerprint density at radius 2 is 2.00 bits per heavy atom. The number of hydrogen-bond donors (Lipinski definition) is 1. The second kappa shape index (κ2) is 7.46. The molecule has 1 unspecified atom stereocenters. The van der Waals surface area contributed by atoms with Gasteiger partial charge in [0.05, 0.1) is 25.7 Å². The Morgan fingerprint density at radius 1 is 1.33 bits per heavy atom. The van der Waals surface area contributed by atoms with Gasteiger partial charge < -0.3 is 14.6 Å². The summed E-state index contributed by atoms with van der Waals surface area (Å²) in [5, 5.41) is 9.96. The predicted molar refractivity (Wildman–Crippen MR) is 82.4 cm³/mol. The molecule has 0 bridgehead atoms. The Bertz CT molecular complexity index is 474. The molecule has 0 fully saturated rings. The summed E-state index contributed by atoms with van der Waals surface area (Å²) in [4.78, 5) is 11.3. The molecule has 0 aromatic heterocycles. The largest absolute Gasteiger partial charge is 0.508 e. The van der Waals surface area contributed by atoms with Gasteiger partial charge in [0.15, 0.2) is 0 Å². The van der Waals surface area contributed by atoms with Crippen LogP contribution in [0.4, 0.5) is 0 Å². The zero-order valence-corrected chi connectivity index (χ0v) is 13.6. The van der Waals surface area contributed by atoms with Crippen LogP contribution >= 0.6 is 0 Å². The molecule has 0 saturated heterocycles. The minimum absolute atomic E-state index is 0.134. The molecule has 4 nitrogen and oxygen atoms in total. The maximum absolute atomic E-state index is 11.3. The van der Waals surface area contributed by atoms with Gasteiger partial charge in [-0.15, -0.1) is 0 Å². The number of phenols is 1. The van der Waals surface area contributed by atoms with E-state index in [9.17, 15) is 9.90 Å². The first-order chi connectivity index (χ1) is 9.75. The summed E-state index contributed by atoms with van der Waals surface area (Å²) < 4.78 is 10.5. The molecule has 1 rings (SSSR count). The molecule has 1 atom stereocenters. The van der Waals surface area contributed by atoms with Gasteiger partial charge in [-0.3, -0.25) is 4.79 Å².